The Morgan fingerprint density at radius 3 is 2.71 bits per heavy atom. The highest BCUT2D eigenvalue weighted by molar-refractivity contribution is 5.75. The average Bonchev–Trinajstić information content (AvgIpc) is 2.98. The van der Waals surface area contributed by atoms with Gasteiger partial charge in [0.2, 0.25) is 5.91 Å². The molecule has 1 atom stereocenters. The van der Waals surface area contributed by atoms with E-state index in [2.05, 4.69) is 25.7 Å². The fourth-order valence-electron chi connectivity index (χ4n) is 4.06. The van der Waals surface area contributed by atoms with Crippen LogP contribution in [0.25, 0.3) is 0 Å². The van der Waals surface area contributed by atoms with Gasteiger partial charge < -0.3 is 10.2 Å². The van der Waals surface area contributed by atoms with Crippen LogP contribution >= 0.6 is 0 Å². The summed E-state index contributed by atoms with van der Waals surface area (Å²) in [7, 11) is 0. The summed E-state index contributed by atoms with van der Waals surface area (Å²) in [5, 5.41) is 14.0. The van der Waals surface area contributed by atoms with Crippen LogP contribution in [0, 0.1) is 5.92 Å². The van der Waals surface area contributed by atoms with Crippen LogP contribution in [-0.4, -0.2) is 56.7 Å². The van der Waals surface area contributed by atoms with Crippen LogP contribution in [0.5, 0.6) is 0 Å². The smallest absolute Gasteiger partial charge is 0.221 e. The normalized spacial score (nSPS) is 23.8. The number of tetrazole rings is 1. The molecule has 1 aliphatic carbocycles. The molecule has 0 unspecified atom stereocenters. The number of piperidine rings is 1. The van der Waals surface area contributed by atoms with Gasteiger partial charge in [-0.15, -0.1) is 5.10 Å². The number of amides is 1. The largest absolute Gasteiger partial charge is 0.356 e. The summed E-state index contributed by atoms with van der Waals surface area (Å²) >= 11 is 0. The highest BCUT2D eigenvalue weighted by atomic mass is 16.1. The summed E-state index contributed by atoms with van der Waals surface area (Å²) in [5.41, 5.74) is 0. The van der Waals surface area contributed by atoms with Crippen molar-refractivity contribution in [2.75, 3.05) is 19.6 Å². The van der Waals surface area contributed by atoms with Gasteiger partial charge in [-0.3, -0.25) is 4.79 Å². The van der Waals surface area contributed by atoms with Gasteiger partial charge in [-0.05, 0) is 48.6 Å². The van der Waals surface area contributed by atoms with Crippen molar-refractivity contribution in [1.29, 1.82) is 0 Å². The Hall–Kier alpha value is -1.50. The van der Waals surface area contributed by atoms with Crippen LogP contribution in [0.1, 0.15) is 57.8 Å². The minimum atomic E-state index is 0.0945. The molecule has 2 aliphatic rings. The van der Waals surface area contributed by atoms with E-state index in [1.54, 1.807) is 11.0 Å². The molecule has 3 rings (SSSR count). The van der Waals surface area contributed by atoms with Crippen molar-refractivity contribution >= 4 is 5.91 Å². The van der Waals surface area contributed by atoms with E-state index in [1.807, 2.05) is 0 Å². The number of aryl methyl sites for hydroxylation is 1. The first-order chi connectivity index (χ1) is 11.8. The SMILES string of the molecule is O=C(CCn1cnnn1)NC[C@H]1CCCN(C2CCCCCC2)C1. The first kappa shape index (κ1) is 17.3. The van der Waals surface area contributed by atoms with Gasteiger partial charge in [0.1, 0.15) is 6.33 Å². The van der Waals surface area contributed by atoms with Crippen LogP contribution in [0.4, 0.5) is 0 Å². The first-order valence-electron chi connectivity index (χ1n) is 9.53. The minimum absolute atomic E-state index is 0.0945. The van der Waals surface area contributed by atoms with Crippen molar-refractivity contribution in [3.05, 3.63) is 6.33 Å². The fraction of sp³-hybridized carbons (Fsp3) is 0.882. The maximum atomic E-state index is 12.0. The number of aromatic nitrogens is 4. The predicted molar refractivity (Wildman–Crippen MR) is 91.2 cm³/mol. The Morgan fingerprint density at radius 2 is 1.96 bits per heavy atom. The van der Waals surface area contributed by atoms with Gasteiger partial charge in [-0.1, -0.05) is 25.7 Å². The number of nitrogens with one attached hydrogen (secondary N) is 1. The molecule has 2 fully saturated rings. The molecule has 1 saturated carbocycles. The van der Waals surface area contributed by atoms with Crippen LogP contribution in [0.2, 0.25) is 0 Å². The van der Waals surface area contributed by atoms with Gasteiger partial charge >= 0.3 is 0 Å². The molecule has 0 aromatic carbocycles. The highest BCUT2D eigenvalue weighted by Crippen LogP contribution is 2.26. The lowest BCUT2D eigenvalue weighted by Gasteiger charge is -2.38. The Balaban J connectivity index is 1.37. The van der Waals surface area contributed by atoms with Crippen molar-refractivity contribution in [3.8, 4) is 0 Å². The Morgan fingerprint density at radius 1 is 1.12 bits per heavy atom. The number of carbonyl (C=O) groups excluding carboxylic acids is 1. The van der Waals surface area contributed by atoms with E-state index < -0.39 is 0 Å². The van der Waals surface area contributed by atoms with Gasteiger partial charge in [0, 0.05) is 25.6 Å². The van der Waals surface area contributed by atoms with Crippen LogP contribution in [0.3, 0.4) is 0 Å². The molecule has 1 amide bonds. The van der Waals surface area contributed by atoms with Crippen molar-refractivity contribution < 1.29 is 4.79 Å². The molecule has 1 N–H and O–H groups in total. The summed E-state index contributed by atoms with van der Waals surface area (Å²) in [6, 6.07) is 0.783. The van der Waals surface area contributed by atoms with Crippen molar-refractivity contribution in [1.82, 2.24) is 30.4 Å². The third-order valence-corrected chi connectivity index (χ3v) is 5.44. The van der Waals surface area contributed by atoms with Crippen LogP contribution in [-0.2, 0) is 11.3 Å². The number of carbonyl (C=O) groups is 1. The zero-order chi connectivity index (χ0) is 16.6. The molecule has 1 saturated heterocycles. The third-order valence-electron chi connectivity index (χ3n) is 5.44. The quantitative estimate of drug-likeness (QED) is 0.800. The Bertz CT molecular complexity index is 483. The molecule has 0 spiro atoms. The van der Waals surface area contributed by atoms with E-state index in [1.165, 1.54) is 57.9 Å². The van der Waals surface area contributed by atoms with Gasteiger partial charge in [0.05, 0.1) is 6.54 Å². The lowest BCUT2D eigenvalue weighted by Crippen LogP contribution is -2.45. The maximum absolute atomic E-state index is 12.0. The number of nitrogens with zero attached hydrogens (tertiary/aromatic N) is 5. The average molecular weight is 334 g/mol. The first-order valence-corrected chi connectivity index (χ1v) is 9.53. The summed E-state index contributed by atoms with van der Waals surface area (Å²) in [6.45, 7) is 3.74. The Kier molecular flexibility index (Phi) is 6.57. The fourth-order valence-corrected chi connectivity index (χ4v) is 4.06. The second-order valence-electron chi connectivity index (χ2n) is 7.28. The summed E-state index contributed by atoms with van der Waals surface area (Å²) in [4.78, 5) is 14.7. The van der Waals surface area contributed by atoms with Gasteiger partial charge in [-0.2, -0.15) is 0 Å². The van der Waals surface area contributed by atoms with Crippen LogP contribution in [0.15, 0.2) is 6.33 Å². The van der Waals surface area contributed by atoms with E-state index in [9.17, 15) is 4.79 Å². The van der Waals surface area contributed by atoms with E-state index in [0.717, 1.165) is 19.1 Å². The Labute approximate surface area is 144 Å². The van der Waals surface area contributed by atoms with Gasteiger partial charge in [0.25, 0.3) is 0 Å². The second kappa shape index (κ2) is 9.11. The van der Waals surface area contributed by atoms with E-state index in [-0.39, 0.29) is 5.91 Å². The van der Waals surface area contributed by atoms with Crippen LogP contribution < -0.4 is 5.32 Å². The molecule has 1 aromatic heterocycles. The second-order valence-corrected chi connectivity index (χ2v) is 7.28. The highest BCUT2D eigenvalue weighted by Gasteiger charge is 2.26. The molecule has 134 valence electrons. The van der Waals surface area contributed by atoms with Gasteiger partial charge in [-0.25, -0.2) is 4.68 Å². The standard InChI is InChI=1S/C17H30N6O/c24-17(9-11-23-14-19-20-21-23)18-12-15-6-5-10-22(13-15)16-7-3-1-2-4-8-16/h14-16H,1-13H2,(H,18,24)/t15-/m1/s1. The van der Waals surface area contributed by atoms with Gasteiger partial charge in [0.15, 0.2) is 0 Å². The molecular formula is C17H30N6O. The molecule has 0 radical (unpaired) electrons. The van der Waals surface area contributed by atoms with E-state index >= 15 is 0 Å². The topological polar surface area (TPSA) is 75.9 Å². The molecule has 1 aliphatic heterocycles. The molecule has 7 nitrogen and oxygen atoms in total. The minimum Gasteiger partial charge on any atom is -0.356 e. The zero-order valence-corrected chi connectivity index (χ0v) is 14.6. The molecule has 0 bridgehead atoms. The zero-order valence-electron chi connectivity index (χ0n) is 14.6. The number of hydrogen-bond acceptors (Lipinski definition) is 5. The van der Waals surface area contributed by atoms with E-state index in [4.69, 9.17) is 0 Å². The maximum Gasteiger partial charge on any atom is 0.221 e. The van der Waals surface area contributed by atoms with Crippen molar-refractivity contribution in [2.24, 2.45) is 5.92 Å². The summed E-state index contributed by atoms with van der Waals surface area (Å²) in [6.07, 6.45) is 12.8. The molecular weight excluding hydrogens is 304 g/mol. The summed E-state index contributed by atoms with van der Waals surface area (Å²) in [5.74, 6) is 0.691. The number of rotatable bonds is 6. The monoisotopic (exact) mass is 334 g/mol. The van der Waals surface area contributed by atoms with E-state index in [0.29, 0.717) is 18.9 Å². The van der Waals surface area contributed by atoms with Crippen molar-refractivity contribution in [2.45, 2.75) is 70.4 Å². The summed E-state index contributed by atoms with van der Waals surface area (Å²) < 4.78 is 1.59. The molecule has 2 heterocycles. The third kappa shape index (κ3) is 5.26. The molecule has 24 heavy (non-hydrogen) atoms. The predicted octanol–water partition coefficient (Wildman–Crippen LogP) is 1.61. The number of likely N-dealkylation sites (tertiary alicyclic amines) is 1. The number of hydrogen-bond donors (Lipinski definition) is 1. The lowest BCUT2D eigenvalue weighted by molar-refractivity contribution is -0.121. The lowest BCUT2D eigenvalue weighted by atomic mass is 9.94. The van der Waals surface area contributed by atoms with Crippen molar-refractivity contribution in [3.63, 3.8) is 0 Å². The molecule has 1 aromatic rings. The molecule has 7 heteroatoms.